The van der Waals surface area contributed by atoms with E-state index in [-0.39, 0.29) is 11.4 Å². The molecule has 0 heterocycles. The van der Waals surface area contributed by atoms with E-state index in [1.807, 2.05) is 32.9 Å². The Labute approximate surface area is 116 Å². The molecule has 0 spiro atoms. The third-order valence-corrected chi connectivity index (χ3v) is 2.88. The summed E-state index contributed by atoms with van der Waals surface area (Å²) in [7, 11) is 0. The first kappa shape index (κ1) is 15.5. The largest absolute Gasteiger partial charge is 0.493 e. The summed E-state index contributed by atoms with van der Waals surface area (Å²) in [4.78, 5) is 11.6. The Hall–Kier alpha value is -1.51. The molecule has 0 aliphatic heterocycles. The van der Waals surface area contributed by atoms with Crippen LogP contribution >= 0.6 is 0 Å². The maximum atomic E-state index is 11.6. The van der Waals surface area contributed by atoms with Crippen LogP contribution in [0.15, 0.2) is 18.2 Å². The SMILES string of the molecule is Cc1cccc(OCCCC(=O)NC(C)(C)C)c1C. The van der Waals surface area contributed by atoms with Crippen molar-refractivity contribution in [2.45, 2.75) is 53.0 Å². The van der Waals surface area contributed by atoms with Crippen LogP contribution in [0, 0.1) is 13.8 Å². The minimum atomic E-state index is -0.162. The minimum Gasteiger partial charge on any atom is -0.493 e. The summed E-state index contributed by atoms with van der Waals surface area (Å²) in [6.45, 7) is 10.6. The number of amides is 1. The van der Waals surface area contributed by atoms with Gasteiger partial charge in [0.25, 0.3) is 0 Å². The number of carbonyl (C=O) groups is 1. The molecule has 0 atom stereocenters. The van der Waals surface area contributed by atoms with Crippen LogP contribution in [-0.4, -0.2) is 18.1 Å². The highest BCUT2D eigenvalue weighted by Gasteiger charge is 2.13. The van der Waals surface area contributed by atoms with Crippen molar-refractivity contribution in [3.05, 3.63) is 29.3 Å². The van der Waals surface area contributed by atoms with Crippen LogP contribution in [0.5, 0.6) is 5.75 Å². The predicted molar refractivity (Wildman–Crippen MR) is 78.5 cm³/mol. The van der Waals surface area contributed by atoms with E-state index in [1.165, 1.54) is 11.1 Å². The molecule has 19 heavy (non-hydrogen) atoms. The van der Waals surface area contributed by atoms with Gasteiger partial charge in [0, 0.05) is 12.0 Å². The first-order chi connectivity index (χ1) is 8.79. The Morgan fingerprint density at radius 1 is 1.26 bits per heavy atom. The standard InChI is InChI=1S/C16H25NO2/c1-12-8-6-9-14(13(12)2)19-11-7-10-15(18)17-16(3,4)5/h6,8-9H,7,10-11H2,1-5H3,(H,17,18). The van der Waals surface area contributed by atoms with Crippen molar-refractivity contribution in [2.75, 3.05) is 6.61 Å². The second-order valence-electron chi connectivity index (χ2n) is 5.95. The Kier molecular flexibility index (Phi) is 5.40. The van der Waals surface area contributed by atoms with Gasteiger partial charge < -0.3 is 10.1 Å². The monoisotopic (exact) mass is 263 g/mol. The summed E-state index contributed by atoms with van der Waals surface area (Å²) in [6.07, 6.45) is 1.23. The first-order valence-corrected chi connectivity index (χ1v) is 6.79. The van der Waals surface area contributed by atoms with E-state index in [9.17, 15) is 4.79 Å². The normalized spacial score (nSPS) is 11.2. The van der Waals surface area contributed by atoms with E-state index in [0.717, 1.165) is 12.2 Å². The molecule has 3 nitrogen and oxygen atoms in total. The quantitative estimate of drug-likeness (QED) is 0.827. The Bertz CT molecular complexity index is 433. The molecule has 106 valence electrons. The lowest BCUT2D eigenvalue weighted by Crippen LogP contribution is -2.40. The molecule has 0 aromatic heterocycles. The van der Waals surface area contributed by atoms with Crippen molar-refractivity contribution in [2.24, 2.45) is 0 Å². The third kappa shape index (κ3) is 5.77. The summed E-state index contributed by atoms with van der Waals surface area (Å²) < 4.78 is 5.72. The highest BCUT2D eigenvalue weighted by Crippen LogP contribution is 2.20. The van der Waals surface area contributed by atoms with Crippen LogP contribution in [0.4, 0.5) is 0 Å². The number of rotatable bonds is 5. The summed E-state index contributed by atoms with van der Waals surface area (Å²) in [5, 5.41) is 2.94. The van der Waals surface area contributed by atoms with Crippen molar-refractivity contribution in [1.82, 2.24) is 5.32 Å². The predicted octanol–water partition coefficient (Wildman–Crippen LogP) is 3.38. The van der Waals surface area contributed by atoms with E-state index < -0.39 is 0 Å². The smallest absolute Gasteiger partial charge is 0.220 e. The summed E-state index contributed by atoms with van der Waals surface area (Å²) in [5.74, 6) is 0.994. The van der Waals surface area contributed by atoms with Crippen LogP contribution < -0.4 is 10.1 Å². The topological polar surface area (TPSA) is 38.3 Å². The maximum absolute atomic E-state index is 11.6. The average Bonchev–Trinajstić information content (AvgIpc) is 2.27. The van der Waals surface area contributed by atoms with Gasteiger partial charge in [0.15, 0.2) is 0 Å². The molecule has 0 fully saturated rings. The lowest BCUT2D eigenvalue weighted by Gasteiger charge is -2.20. The third-order valence-electron chi connectivity index (χ3n) is 2.88. The van der Waals surface area contributed by atoms with Crippen molar-refractivity contribution >= 4 is 5.91 Å². The van der Waals surface area contributed by atoms with E-state index >= 15 is 0 Å². The number of hydrogen-bond acceptors (Lipinski definition) is 2. The fourth-order valence-electron chi connectivity index (χ4n) is 1.78. The van der Waals surface area contributed by atoms with Crippen LogP contribution in [0.3, 0.4) is 0 Å². The molecule has 0 bridgehead atoms. The second kappa shape index (κ2) is 6.60. The molecule has 0 radical (unpaired) electrons. The van der Waals surface area contributed by atoms with Crippen molar-refractivity contribution < 1.29 is 9.53 Å². The minimum absolute atomic E-state index is 0.0806. The van der Waals surface area contributed by atoms with Crippen LogP contribution in [0.1, 0.15) is 44.7 Å². The Balaban J connectivity index is 2.32. The van der Waals surface area contributed by atoms with Gasteiger partial charge >= 0.3 is 0 Å². The van der Waals surface area contributed by atoms with E-state index in [1.54, 1.807) is 0 Å². The van der Waals surface area contributed by atoms with Gasteiger partial charge in [0.05, 0.1) is 6.61 Å². The van der Waals surface area contributed by atoms with Gasteiger partial charge in [-0.1, -0.05) is 12.1 Å². The molecule has 1 aromatic rings. The summed E-state index contributed by atoms with van der Waals surface area (Å²) in [5.41, 5.74) is 2.23. The molecule has 0 aliphatic rings. The number of hydrogen-bond donors (Lipinski definition) is 1. The van der Waals surface area contributed by atoms with Gasteiger partial charge in [-0.25, -0.2) is 0 Å². The van der Waals surface area contributed by atoms with Crippen LogP contribution in [0.2, 0.25) is 0 Å². The van der Waals surface area contributed by atoms with Crippen molar-refractivity contribution in [3.63, 3.8) is 0 Å². The number of nitrogens with one attached hydrogen (secondary N) is 1. The molecule has 0 unspecified atom stereocenters. The highest BCUT2D eigenvalue weighted by molar-refractivity contribution is 5.76. The summed E-state index contributed by atoms with van der Waals surface area (Å²) in [6, 6.07) is 6.03. The Morgan fingerprint density at radius 3 is 2.58 bits per heavy atom. The fraction of sp³-hybridized carbons (Fsp3) is 0.562. The molecule has 1 N–H and O–H groups in total. The van der Waals surface area contributed by atoms with Gasteiger partial charge in [0.2, 0.25) is 5.91 Å². The lowest BCUT2D eigenvalue weighted by molar-refractivity contribution is -0.122. The zero-order valence-corrected chi connectivity index (χ0v) is 12.7. The van der Waals surface area contributed by atoms with Crippen LogP contribution in [0.25, 0.3) is 0 Å². The number of carbonyl (C=O) groups excluding carboxylic acids is 1. The van der Waals surface area contributed by atoms with E-state index in [0.29, 0.717) is 13.0 Å². The molecule has 0 saturated heterocycles. The summed E-state index contributed by atoms with van der Waals surface area (Å²) >= 11 is 0. The fourth-order valence-corrected chi connectivity index (χ4v) is 1.78. The zero-order chi connectivity index (χ0) is 14.5. The van der Waals surface area contributed by atoms with Gasteiger partial charge in [-0.2, -0.15) is 0 Å². The van der Waals surface area contributed by atoms with Crippen molar-refractivity contribution in [1.29, 1.82) is 0 Å². The van der Waals surface area contributed by atoms with Crippen molar-refractivity contribution in [3.8, 4) is 5.75 Å². The van der Waals surface area contributed by atoms with Gasteiger partial charge in [-0.05, 0) is 58.2 Å². The van der Waals surface area contributed by atoms with Crippen LogP contribution in [-0.2, 0) is 4.79 Å². The number of ether oxygens (including phenoxy) is 1. The van der Waals surface area contributed by atoms with E-state index in [4.69, 9.17) is 4.74 Å². The molecular weight excluding hydrogens is 238 g/mol. The van der Waals surface area contributed by atoms with Gasteiger partial charge in [-0.15, -0.1) is 0 Å². The van der Waals surface area contributed by atoms with Gasteiger partial charge in [0.1, 0.15) is 5.75 Å². The Morgan fingerprint density at radius 2 is 1.95 bits per heavy atom. The molecule has 1 rings (SSSR count). The lowest BCUT2D eigenvalue weighted by atomic mass is 10.1. The van der Waals surface area contributed by atoms with Gasteiger partial charge in [-0.3, -0.25) is 4.79 Å². The maximum Gasteiger partial charge on any atom is 0.220 e. The number of benzene rings is 1. The molecule has 1 aromatic carbocycles. The second-order valence-corrected chi connectivity index (χ2v) is 5.95. The molecule has 3 heteroatoms. The zero-order valence-electron chi connectivity index (χ0n) is 12.7. The number of aryl methyl sites for hydroxylation is 1. The van der Waals surface area contributed by atoms with E-state index in [2.05, 4.69) is 25.2 Å². The molecule has 1 amide bonds. The molecule has 0 aliphatic carbocycles. The molecule has 0 saturated carbocycles. The first-order valence-electron chi connectivity index (χ1n) is 6.79. The highest BCUT2D eigenvalue weighted by atomic mass is 16.5. The average molecular weight is 263 g/mol. The molecular formula is C16H25NO2.